The molecule has 2 rings (SSSR count). The average molecular weight is 325 g/mol. The summed E-state index contributed by atoms with van der Waals surface area (Å²) in [5.41, 5.74) is 5.65. The van der Waals surface area contributed by atoms with E-state index in [-0.39, 0.29) is 0 Å². The zero-order valence-electron chi connectivity index (χ0n) is 12.0. The normalized spacial score (nSPS) is 53.5. The second-order valence-corrected chi connectivity index (χ2v) is 5.60. The summed E-state index contributed by atoms with van der Waals surface area (Å²) in [4.78, 5) is 0. The number of aliphatic hydroxyl groups is 6. The maximum absolute atomic E-state index is 9.96. The third-order valence-corrected chi connectivity index (χ3v) is 4.04. The van der Waals surface area contributed by atoms with Crippen LogP contribution in [0.15, 0.2) is 0 Å². The van der Waals surface area contributed by atoms with Gasteiger partial charge in [0.15, 0.2) is 12.6 Å². The maximum Gasteiger partial charge on any atom is 0.187 e. The molecule has 0 radical (unpaired) electrons. The van der Waals surface area contributed by atoms with Crippen molar-refractivity contribution in [1.29, 1.82) is 0 Å². The van der Waals surface area contributed by atoms with E-state index in [1.807, 2.05) is 0 Å². The molecule has 2 fully saturated rings. The van der Waals surface area contributed by atoms with Crippen molar-refractivity contribution >= 4 is 0 Å². The zero-order valence-corrected chi connectivity index (χ0v) is 12.0. The fourth-order valence-corrected chi connectivity index (χ4v) is 2.55. The lowest BCUT2D eigenvalue weighted by atomic mass is 9.96. The Morgan fingerprint density at radius 3 is 2.18 bits per heavy atom. The summed E-state index contributed by atoms with van der Waals surface area (Å²) < 4.78 is 15.6. The molecule has 2 saturated heterocycles. The molecule has 2 heterocycles. The summed E-state index contributed by atoms with van der Waals surface area (Å²) in [5.74, 6) is 0. The SMILES string of the molecule is C[C@H]1O[C@H](O[C@H]2[C@H](O)[C@@H](O)[C@@H](O)O[C@@H]2CO)[C@H](O)[C@@H](O)[C@@H]1N. The Balaban J connectivity index is 2.10. The monoisotopic (exact) mass is 325 g/mol. The molecule has 22 heavy (non-hydrogen) atoms. The number of aliphatic hydroxyl groups excluding tert-OH is 6. The third-order valence-electron chi connectivity index (χ3n) is 4.04. The molecule has 8 N–H and O–H groups in total. The number of hydrogen-bond acceptors (Lipinski definition) is 10. The third kappa shape index (κ3) is 3.26. The van der Waals surface area contributed by atoms with E-state index in [1.165, 1.54) is 0 Å². The second kappa shape index (κ2) is 7.01. The highest BCUT2D eigenvalue weighted by Crippen LogP contribution is 2.27. The van der Waals surface area contributed by atoms with Crippen LogP contribution >= 0.6 is 0 Å². The van der Waals surface area contributed by atoms with Crippen molar-refractivity contribution in [2.75, 3.05) is 6.61 Å². The zero-order chi connectivity index (χ0) is 16.6. The molecule has 2 aliphatic heterocycles. The van der Waals surface area contributed by atoms with E-state index >= 15 is 0 Å². The molecule has 0 aromatic heterocycles. The van der Waals surface area contributed by atoms with Gasteiger partial charge < -0.3 is 50.6 Å². The standard InChI is InChI=1S/C12H23NO9/c1-3-5(13)6(15)9(18)12(20-3)22-10-4(2-14)21-11(19)8(17)7(10)16/h3-12,14-19H,2,13H2,1H3/t3-,4-,5-,6+,7-,8-,9-,10-,11+,12-/m1/s1. The molecule has 10 heteroatoms. The van der Waals surface area contributed by atoms with Gasteiger partial charge in [-0.2, -0.15) is 0 Å². The summed E-state index contributed by atoms with van der Waals surface area (Å²) in [7, 11) is 0. The minimum Gasteiger partial charge on any atom is -0.394 e. The quantitative estimate of drug-likeness (QED) is 0.268. The van der Waals surface area contributed by atoms with Crippen LogP contribution in [0.25, 0.3) is 0 Å². The van der Waals surface area contributed by atoms with E-state index in [0.29, 0.717) is 0 Å². The van der Waals surface area contributed by atoms with Crippen LogP contribution in [0, 0.1) is 0 Å². The van der Waals surface area contributed by atoms with Crippen molar-refractivity contribution in [2.24, 2.45) is 5.73 Å². The fraction of sp³-hybridized carbons (Fsp3) is 1.00. The molecule has 0 bridgehead atoms. The van der Waals surface area contributed by atoms with Crippen LogP contribution in [0.5, 0.6) is 0 Å². The first-order valence-corrected chi connectivity index (χ1v) is 7.01. The van der Waals surface area contributed by atoms with E-state index in [4.69, 9.17) is 19.9 Å². The van der Waals surface area contributed by atoms with Crippen LogP contribution in [0.3, 0.4) is 0 Å². The molecular weight excluding hydrogens is 302 g/mol. The molecule has 0 aromatic carbocycles. The van der Waals surface area contributed by atoms with Crippen molar-refractivity contribution in [3.05, 3.63) is 0 Å². The van der Waals surface area contributed by atoms with Gasteiger partial charge in [0.25, 0.3) is 0 Å². The Morgan fingerprint density at radius 2 is 1.59 bits per heavy atom. The molecule has 10 atom stereocenters. The van der Waals surface area contributed by atoms with Crippen molar-refractivity contribution < 1.29 is 44.8 Å². The highest BCUT2D eigenvalue weighted by molar-refractivity contribution is 4.94. The number of nitrogens with two attached hydrogens (primary N) is 1. The molecule has 130 valence electrons. The molecule has 0 spiro atoms. The van der Waals surface area contributed by atoms with Gasteiger partial charge in [-0.05, 0) is 6.92 Å². The summed E-state index contributed by atoms with van der Waals surface area (Å²) in [5, 5.41) is 58.0. The second-order valence-electron chi connectivity index (χ2n) is 5.60. The van der Waals surface area contributed by atoms with Crippen LogP contribution in [0.1, 0.15) is 6.92 Å². The lowest BCUT2D eigenvalue weighted by Crippen LogP contribution is -2.65. The van der Waals surface area contributed by atoms with Crippen LogP contribution in [-0.2, 0) is 14.2 Å². The first kappa shape index (κ1) is 17.9. The summed E-state index contributed by atoms with van der Waals surface area (Å²) in [6.07, 6.45) is -12.1. The van der Waals surface area contributed by atoms with Gasteiger partial charge in [0.05, 0.1) is 18.8 Å². The van der Waals surface area contributed by atoms with Gasteiger partial charge in [-0.15, -0.1) is 0 Å². The van der Waals surface area contributed by atoms with E-state index in [0.717, 1.165) is 0 Å². The largest absolute Gasteiger partial charge is 0.394 e. The number of hydrogen-bond donors (Lipinski definition) is 7. The van der Waals surface area contributed by atoms with Crippen LogP contribution < -0.4 is 5.73 Å². The van der Waals surface area contributed by atoms with Gasteiger partial charge in [0, 0.05) is 0 Å². The summed E-state index contributed by atoms with van der Waals surface area (Å²) in [6.45, 7) is 0.970. The van der Waals surface area contributed by atoms with Gasteiger partial charge >= 0.3 is 0 Å². The minimum atomic E-state index is -1.68. The Hall–Kier alpha value is -0.400. The van der Waals surface area contributed by atoms with Gasteiger partial charge in [-0.1, -0.05) is 0 Å². The highest BCUT2D eigenvalue weighted by Gasteiger charge is 2.49. The first-order chi connectivity index (χ1) is 10.3. The van der Waals surface area contributed by atoms with Gasteiger partial charge in [-0.25, -0.2) is 0 Å². The van der Waals surface area contributed by atoms with E-state index < -0.39 is 68.0 Å². The molecule has 0 aromatic rings. The molecular formula is C12H23NO9. The van der Waals surface area contributed by atoms with Crippen LogP contribution in [-0.4, -0.2) is 98.6 Å². The molecule has 0 unspecified atom stereocenters. The van der Waals surface area contributed by atoms with Crippen molar-refractivity contribution in [3.63, 3.8) is 0 Å². The summed E-state index contributed by atoms with van der Waals surface area (Å²) in [6, 6.07) is -0.816. The predicted octanol–water partition coefficient (Wildman–Crippen LogP) is -4.40. The van der Waals surface area contributed by atoms with E-state index in [2.05, 4.69) is 0 Å². The first-order valence-electron chi connectivity index (χ1n) is 7.01. The van der Waals surface area contributed by atoms with Crippen LogP contribution in [0.2, 0.25) is 0 Å². The molecule has 0 aliphatic carbocycles. The average Bonchev–Trinajstić information content (AvgIpc) is 2.50. The summed E-state index contributed by atoms with van der Waals surface area (Å²) >= 11 is 0. The van der Waals surface area contributed by atoms with Crippen molar-refractivity contribution in [1.82, 2.24) is 0 Å². The van der Waals surface area contributed by atoms with E-state index in [9.17, 15) is 30.6 Å². The number of rotatable bonds is 3. The Morgan fingerprint density at radius 1 is 0.955 bits per heavy atom. The predicted molar refractivity (Wildman–Crippen MR) is 69.2 cm³/mol. The topological polar surface area (TPSA) is 175 Å². The smallest absolute Gasteiger partial charge is 0.187 e. The molecule has 0 amide bonds. The van der Waals surface area contributed by atoms with Gasteiger partial charge in [0.1, 0.15) is 36.6 Å². The van der Waals surface area contributed by atoms with Crippen molar-refractivity contribution in [2.45, 2.75) is 68.3 Å². The molecule has 10 nitrogen and oxygen atoms in total. The Bertz CT molecular complexity index is 371. The Kier molecular flexibility index (Phi) is 5.72. The lowest BCUT2D eigenvalue weighted by Gasteiger charge is -2.45. The number of ether oxygens (including phenoxy) is 3. The maximum atomic E-state index is 9.96. The van der Waals surface area contributed by atoms with Crippen LogP contribution in [0.4, 0.5) is 0 Å². The van der Waals surface area contributed by atoms with Crippen molar-refractivity contribution in [3.8, 4) is 0 Å². The van der Waals surface area contributed by atoms with E-state index in [1.54, 1.807) is 6.92 Å². The fourth-order valence-electron chi connectivity index (χ4n) is 2.55. The molecule has 0 saturated carbocycles. The lowest BCUT2D eigenvalue weighted by molar-refractivity contribution is -0.344. The molecule has 2 aliphatic rings. The highest BCUT2D eigenvalue weighted by atomic mass is 16.7. The minimum absolute atomic E-state index is 0.605. The van der Waals surface area contributed by atoms with Gasteiger partial charge in [-0.3, -0.25) is 0 Å². The Labute approximate surface area is 126 Å². The van der Waals surface area contributed by atoms with Gasteiger partial charge in [0.2, 0.25) is 0 Å².